The van der Waals surface area contributed by atoms with Gasteiger partial charge >= 0.3 is 0 Å². The zero-order valence-corrected chi connectivity index (χ0v) is 28.3. The standard InChI is InChI=1S/C36H46ClN9O3/c37-31-20-27(35(48)42-29-15-17-41-18-16-29)11-14-30(31)24-5-1-22(2-6-24)19-32(44-34(47)26-7-3-23(21-38)4-8-26)36(49)43-28-12-9-25(10-13-28)33(39)45-46-40/h1-2,5-6,9-14,20,23,26,29,32,41,46H,3-4,7-8,15-19,21,38,40H2,(H2,39,45)(H,42,48)(H,43,49)(H,44,47)/t23?,26?,32-/m0/s1. The molecule has 1 saturated heterocycles. The Morgan fingerprint density at radius 2 is 1.57 bits per heavy atom. The van der Waals surface area contributed by atoms with Crippen molar-refractivity contribution in [2.45, 2.75) is 57.0 Å². The lowest BCUT2D eigenvalue weighted by Crippen LogP contribution is -2.48. The second-order valence-corrected chi connectivity index (χ2v) is 13.2. The molecule has 5 rings (SSSR count). The number of carbonyl (C=O) groups excluding carboxylic acids is 3. The number of nitrogens with two attached hydrogens (primary N) is 3. The van der Waals surface area contributed by atoms with Gasteiger partial charge in [0.25, 0.3) is 5.91 Å². The number of hydrazine groups is 1. The SMILES string of the molecule is NCC1CCC(C(=O)N[C@@H](Cc2ccc(-c3ccc(C(=O)NC4CCNCC4)cc3Cl)cc2)C(=O)Nc2ccc(/C(N)=N/NN)cc2)CC1. The van der Waals surface area contributed by atoms with Gasteiger partial charge in [0.05, 0.1) is 0 Å². The van der Waals surface area contributed by atoms with E-state index in [9.17, 15) is 14.4 Å². The van der Waals surface area contributed by atoms with Gasteiger partial charge < -0.3 is 32.7 Å². The molecule has 3 aromatic carbocycles. The van der Waals surface area contributed by atoms with E-state index in [1.54, 1.807) is 36.4 Å². The molecular formula is C36H46ClN9O3. The number of nitrogens with one attached hydrogen (secondary N) is 5. The molecule has 0 spiro atoms. The fourth-order valence-electron chi connectivity index (χ4n) is 6.43. The van der Waals surface area contributed by atoms with Crippen LogP contribution in [0, 0.1) is 11.8 Å². The van der Waals surface area contributed by atoms with Gasteiger partial charge in [-0.1, -0.05) is 41.9 Å². The number of rotatable bonds is 12. The van der Waals surface area contributed by atoms with E-state index in [2.05, 4.69) is 31.9 Å². The van der Waals surface area contributed by atoms with Crippen LogP contribution < -0.4 is 44.1 Å². The lowest BCUT2D eigenvalue weighted by atomic mass is 9.81. The molecule has 2 fully saturated rings. The lowest BCUT2D eigenvalue weighted by molar-refractivity contribution is -0.130. The first-order valence-electron chi connectivity index (χ1n) is 16.8. The number of nitrogens with zero attached hydrogens (tertiary/aromatic N) is 1. The van der Waals surface area contributed by atoms with Crippen LogP contribution in [0.15, 0.2) is 71.8 Å². The Morgan fingerprint density at radius 3 is 2.20 bits per heavy atom. The Kier molecular flexibility index (Phi) is 12.6. The van der Waals surface area contributed by atoms with E-state index in [-0.39, 0.29) is 41.9 Å². The van der Waals surface area contributed by atoms with E-state index in [0.717, 1.165) is 68.3 Å². The largest absolute Gasteiger partial charge is 0.382 e. The fourth-order valence-corrected chi connectivity index (χ4v) is 6.72. The van der Waals surface area contributed by atoms with Crippen LogP contribution in [-0.2, 0) is 16.0 Å². The van der Waals surface area contributed by atoms with Crippen LogP contribution >= 0.6 is 11.6 Å². The van der Waals surface area contributed by atoms with Gasteiger partial charge in [-0.25, -0.2) is 11.4 Å². The first-order valence-corrected chi connectivity index (χ1v) is 17.2. The van der Waals surface area contributed by atoms with Crippen LogP contribution in [-0.4, -0.2) is 55.3 Å². The van der Waals surface area contributed by atoms with E-state index in [0.29, 0.717) is 34.3 Å². The number of anilines is 1. The van der Waals surface area contributed by atoms with Crippen molar-refractivity contribution in [3.05, 3.63) is 88.4 Å². The van der Waals surface area contributed by atoms with Crippen molar-refractivity contribution in [2.75, 3.05) is 25.0 Å². The molecule has 260 valence electrons. The van der Waals surface area contributed by atoms with E-state index < -0.39 is 6.04 Å². The van der Waals surface area contributed by atoms with Gasteiger partial charge in [0.2, 0.25) is 11.8 Å². The van der Waals surface area contributed by atoms with Crippen LogP contribution in [0.2, 0.25) is 5.02 Å². The number of benzene rings is 3. The maximum Gasteiger partial charge on any atom is 0.251 e. The van der Waals surface area contributed by atoms with Crippen molar-refractivity contribution in [3.8, 4) is 11.1 Å². The molecule has 0 radical (unpaired) electrons. The molecule has 0 bridgehead atoms. The second-order valence-electron chi connectivity index (χ2n) is 12.8. The Balaban J connectivity index is 1.28. The topological polar surface area (TPSA) is 202 Å². The van der Waals surface area contributed by atoms with Crippen molar-refractivity contribution < 1.29 is 14.4 Å². The average Bonchev–Trinajstić information content (AvgIpc) is 3.12. The minimum Gasteiger partial charge on any atom is -0.382 e. The minimum absolute atomic E-state index is 0.128. The number of piperidine rings is 1. The van der Waals surface area contributed by atoms with Gasteiger partial charge in [-0.3, -0.25) is 14.4 Å². The number of amidine groups is 1. The highest BCUT2D eigenvalue weighted by atomic mass is 35.5. The molecule has 11 N–H and O–H groups in total. The van der Waals surface area contributed by atoms with Crippen LogP contribution in [0.25, 0.3) is 11.1 Å². The van der Waals surface area contributed by atoms with Crippen molar-refractivity contribution in [2.24, 2.45) is 34.2 Å². The Bertz CT molecular complexity index is 1620. The highest BCUT2D eigenvalue weighted by molar-refractivity contribution is 6.33. The summed E-state index contributed by atoms with van der Waals surface area (Å²) in [5.74, 6) is 5.09. The second kappa shape index (κ2) is 17.3. The molecule has 0 aromatic heterocycles. The number of halogens is 1. The summed E-state index contributed by atoms with van der Waals surface area (Å²) in [7, 11) is 0. The molecular weight excluding hydrogens is 642 g/mol. The zero-order valence-electron chi connectivity index (χ0n) is 27.5. The highest BCUT2D eigenvalue weighted by Gasteiger charge is 2.29. The molecule has 1 atom stereocenters. The quantitative estimate of drug-likeness (QED) is 0.0614. The van der Waals surface area contributed by atoms with E-state index in [1.807, 2.05) is 30.3 Å². The van der Waals surface area contributed by atoms with Crippen molar-refractivity contribution in [1.82, 2.24) is 21.5 Å². The molecule has 12 nitrogen and oxygen atoms in total. The van der Waals surface area contributed by atoms with E-state index >= 15 is 0 Å². The molecule has 3 aromatic rings. The molecule has 2 aliphatic rings. The first kappa shape index (κ1) is 35.8. The predicted octanol–water partition coefficient (Wildman–Crippen LogP) is 3.00. The normalized spacial score (nSPS) is 19.0. The van der Waals surface area contributed by atoms with Gasteiger partial charge in [-0.05, 0) is 112 Å². The van der Waals surface area contributed by atoms with Crippen molar-refractivity contribution in [1.29, 1.82) is 0 Å². The molecule has 1 aliphatic heterocycles. The summed E-state index contributed by atoms with van der Waals surface area (Å²) in [6.45, 7) is 2.41. The van der Waals surface area contributed by atoms with Gasteiger partial charge in [-0.15, -0.1) is 5.10 Å². The van der Waals surface area contributed by atoms with E-state index in [4.69, 9.17) is 28.9 Å². The third-order valence-electron chi connectivity index (χ3n) is 9.43. The number of amides is 3. The number of carbonyl (C=O) groups is 3. The maximum atomic E-state index is 13.6. The van der Waals surface area contributed by atoms with Crippen LogP contribution in [0.4, 0.5) is 5.69 Å². The fraction of sp³-hybridized carbons (Fsp3) is 0.389. The zero-order chi connectivity index (χ0) is 34.8. The molecule has 13 heteroatoms. The van der Waals surface area contributed by atoms with Crippen molar-refractivity contribution >= 4 is 40.8 Å². The maximum absolute atomic E-state index is 13.6. The summed E-state index contributed by atoms with van der Waals surface area (Å²) in [5.41, 5.74) is 18.1. The number of hydrogen-bond acceptors (Lipinski definition) is 8. The molecule has 49 heavy (non-hydrogen) atoms. The van der Waals surface area contributed by atoms with Crippen LogP contribution in [0.3, 0.4) is 0 Å². The monoisotopic (exact) mass is 687 g/mol. The lowest BCUT2D eigenvalue weighted by Gasteiger charge is -2.28. The summed E-state index contributed by atoms with van der Waals surface area (Å²) in [5, 5.41) is 16.6. The summed E-state index contributed by atoms with van der Waals surface area (Å²) >= 11 is 6.67. The highest BCUT2D eigenvalue weighted by Crippen LogP contribution is 2.30. The summed E-state index contributed by atoms with van der Waals surface area (Å²) in [4.78, 5) is 39.8. The van der Waals surface area contributed by atoms with Crippen LogP contribution in [0.1, 0.15) is 60.0 Å². The Morgan fingerprint density at radius 1 is 0.898 bits per heavy atom. The van der Waals surface area contributed by atoms with Crippen molar-refractivity contribution in [3.63, 3.8) is 0 Å². The molecule has 1 heterocycles. The van der Waals surface area contributed by atoms with Gasteiger partial charge in [-0.2, -0.15) is 0 Å². The smallest absolute Gasteiger partial charge is 0.251 e. The van der Waals surface area contributed by atoms with E-state index in [1.165, 1.54) is 0 Å². The minimum atomic E-state index is -0.820. The van der Waals surface area contributed by atoms with Crippen LogP contribution in [0.5, 0.6) is 0 Å². The average molecular weight is 688 g/mol. The molecule has 1 saturated carbocycles. The predicted molar refractivity (Wildman–Crippen MR) is 194 cm³/mol. The molecule has 3 amide bonds. The molecule has 0 unspecified atom stereocenters. The van der Waals surface area contributed by atoms with Gasteiger partial charge in [0, 0.05) is 45.8 Å². The number of hydrogen-bond donors (Lipinski definition) is 8. The number of hydrazone groups is 1. The first-order chi connectivity index (χ1) is 23.7. The Hall–Kier alpha value is -4.49. The third kappa shape index (κ3) is 9.79. The summed E-state index contributed by atoms with van der Waals surface area (Å²) < 4.78 is 0. The van der Waals surface area contributed by atoms with Gasteiger partial charge in [0.15, 0.2) is 5.84 Å². The summed E-state index contributed by atoms with van der Waals surface area (Å²) in [6.07, 6.45) is 5.38. The third-order valence-corrected chi connectivity index (χ3v) is 9.74. The van der Waals surface area contributed by atoms with Gasteiger partial charge in [0.1, 0.15) is 6.04 Å². The Labute approximate surface area is 291 Å². The molecule has 1 aliphatic carbocycles. The summed E-state index contributed by atoms with van der Waals surface area (Å²) in [6, 6.07) is 19.2.